The highest BCUT2D eigenvalue weighted by Crippen LogP contribution is 2.21. The Hall–Kier alpha value is -1.33. The van der Waals surface area contributed by atoms with Crippen LogP contribution in [-0.4, -0.2) is 25.4 Å². The molecule has 0 fully saturated rings. The van der Waals surface area contributed by atoms with Crippen molar-refractivity contribution >= 4 is 5.78 Å². The molecule has 0 radical (unpaired) electrons. The van der Waals surface area contributed by atoms with Gasteiger partial charge in [0.15, 0.2) is 5.78 Å². The summed E-state index contributed by atoms with van der Waals surface area (Å²) < 4.78 is 33.6. The molecule has 0 aromatic heterocycles. The Balaban J connectivity index is 1.85. The zero-order valence-corrected chi connectivity index (χ0v) is 9.83. The Morgan fingerprint density at radius 3 is 2.89 bits per heavy atom. The third-order valence-corrected chi connectivity index (χ3v) is 2.76. The van der Waals surface area contributed by atoms with Crippen molar-refractivity contribution in [2.24, 2.45) is 0 Å². The lowest BCUT2D eigenvalue weighted by Gasteiger charge is -2.04. The van der Waals surface area contributed by atoms with E-state index in [0.29, 0.717) is 18.8 Å². The van der Waals surface area contributed by atoms with Gasteiger partial charge in [-0.05, 0) is 17.2 Å². The van der Waals surface area contributed by atoms with Crippen molar-refractivity contribution < 1.29 is 23.0 Å². The number of ketones is 1. The molecule has 1 aromatic rings. The predicted molar refractivity (Wildman–Crippen MR) is 60.7 cm³/mol. The van der Waals surface area contributed by atoms with Crippen LogP contribution in [0.1, 0.15) is 27.9 Å². The number of Topliss-reactive ketones (excluding diaryl/α,β-unsaturated/α-hetero) is 1. The van der Waals surface area contributed by atoms with Crippen molar-refractivity contribution in [3.63, 3.8) is 0 Å². The van der Waals surface area contributed by atoms with Gasteiger partial charge in [-0.25, -0.2) is 8.78 Å². The van der Waals surface area contributed by atoms with Gasteiger partial charge in [-0.3, -0.25) is 4.79 Å². The Kier molecular flexibility index (Phi) is 4.38. The van der Waals surface area contributed by atoms with Gasteiger partial charge in [0.2, 0.25) is 0 Å². The number of benzene rings is 1. The first kappa shape index (κ1) is 13.1. The molecule has 18 heavy (non-hydrogen) atoms. The van der Waals surface area contributed by atoms with E-state index in [1.807, 2.05) is 6.07 Å². The van der Waals surface area contributed by atoms with Gasteiger partial charge in [0, 0.05) is 12.0 Å². The van der Waals surface area contributed by atoms with Crippen molar-refractivity contribution in [3.05, 3.63) is 34.9 Å². The largest absolute Gasteiger partial charge is 0.375 e. The first-order chi connectivity index (χ1) is 8.66. The molecule has 2 rings (SSSR count). The summed E-state index contributed by atoms with van der Waals surface area (Å²) in [5.41, 5.74) is 2.70. The quantitative estimate of drug-likeness (QED) is 0.579. The second-order valence-electron chi connectivity index (χ2n) is 4.12. The maximum Gasteiger partial charge on any atom is 0.261 e. The third kappa shape index (κ3) is 3.34. The molecule has 0 atom stereocenters. The number of halogens is 2. The zero-order chi connectivity index (χ0) is 13.0. The summed E-state index contributed by atoms with van der Waals surface area (Å²) in [4.78, 5) is 11.8. The van der Waals surface area contributed by atoms with Gasteiger partial charge in [-0.15, -0.1) is 0 Å². The van der Waals surface area contributed by atoms with Crippen LogP contribution in [0.25, 0.3) is 0 Å². The summed E-state index contributed by atoms with van der Waals surface area (Å²) in [6, 6.07) is 5.41. The molecule has 0 saturated heterocycles. The van der Waals surface area contributed by atoms with Crippen LogP contribution in [0.2, 0.25) is 0 Å². The van der Waals surface area contributed by atoms with Crippen LogP contribution in [0.3, 0.4) is 0 Å². The second kappa shape index (κ2) is 6.02. The van der Waals surface area contributed by atoms with Gasteiger partial charge in [-0.1, -0.05) is 12.1 Å². The standard InChI is InChI=1S/C13H14F2O3/c14-13(15)8-17-4-3-12(16)9-1-2-10-6-18-7-11(10)5-9/h1-2,5,13H,3-4,6-8H2. The molecule has 3 nitrogen and oxygen atoms in total. The SMILES string of the molecule is O=C(CCOCC(F)F)c1ccc2c(c1)COC2. The van der Waals surface area contributed by atoms with Crippen LogP contribution >= 0.6 is 0 Å². The fourth-order valence-corrected chi connectivity index (χ4v) is 1.83. The molecule has 5 heteroatoms. The number of alkyl halides is 2. The van der Waals surface area contributed by atoms with E-state index in [9.17, 15) is 13.6 Å². The fourth-order valence-electron chi connectivity index (χ4n) is 1.83. The van der Waals surface area contributed by atoms with E-state index in [1.54, 1.807) is 12.1 Å². The average Bonchev–Trinajstić information content (AvgIpc) is 2.81. The highest BCUT2D eigenvalue weighted by molar-refractivity contribution is 5.96. The maximum atomic E-state index is 11.8. The van der Waals surface area contributed by atoms with E-state index in [1.165, 1.54) is 0 Å². The van der Waals surface area contributed by atoms with E-state index >= 15 is 0 Å². The molecule has 1 aromatic carbocycles. The lowest BCUT2D eigenvalue weighted by atomic mass is 10.0. The van der Waals surface area contributed by atoms with Gasteiger partial charge < -0.3 is 9.47 Å². The van der Waals surface area contributed by atoms with E-state index in [0.717, 1.165) is 11.1 Å². The number of hydrogen-bond donors (Lipinski definition) is 0. The second-order valence-corrected chi connectivity index (χ2v) is 4.12. The average molecular weight is 256 g/mol. The minimum atomic E-state index is -2.49. The lowest BCUT2D eigenvalue weighted by molar-refractivity contribution is 0.0170. The number of ether oxygens (including phenoxy) is 2. The van der Waals surface area contributed by atoms with Crippen LogP contribution in [0.15, 0.2) is 18.2 Å². The highest BCUT2D eigenvalue weighted by atomic mass is 19.3. The van der Waals surface area contributed by atoms with Crippen molar-refractivity contribution in [1.29, 1.82) is 0 Å². The minimum Gasteiger partial charge on any atom is -0.375 e. The van der Waals surface area contributed by atoms with Crippen LogP contribution in [-0.2, 0) is 22.7 Å². The minimum absolute atomic E-state index is 0.0246. The Morgan fingerprint density at radius 1 is 1.33 bits per heavy atom. The maximum absolute atomic E-state index is 11.8. The number of hydrogen-bond acceptors (Lipinski definition) is 3. The molecule has 0 N–H and O–H groups in total. The summed E-state index contributed by atoms with van der Waals surface area (Å²) >= 11 is 0. The smallest absolute Gasteiger partial charge is 0.261 e. The van der Waals surface area contributed by atoms with E-state index in [2.05, 4.69) is 4.74 Å². The molecule has 0 spiro atoms. The number of rotatable bonds is 6. The normalized spacial score (nSPS) is 13.9. The molecule has 0 aliphatic carbocycles. The van der Waals surface area contributed by atoms with E-state index in [-0.39, 0.29) is 18.8 Å². The number of carbonyl (C=O) groups excluding carboxylic acids is 1. The summed E-state index contributed by atoms with van der Waals surface area (Å²) in [5, 5.41) is 0. The van der Waals surface area contributed by atoms with Crippen LogP contribution in [0.4, 0.5) is 8.78 Å². The molecule has 98 valence electrons. The van der Waals surface area contributed by atoms with Gasteiger partial charge in [-0.2, -0.15) is 0 Å². The summed E-state index contributed by atoms with van der Waals surface area (Å²) in [5.74, 6) is -0.0982. The summed E-state index contributed by atoms with van der Waals surface area (Å²) in [6.07, 6.45) is -2.37. The first-order valence-electron chi connectivity index (χ1n) is 5.75. The summed E-state index contributed by atoms with van der Waals surface area (Å²) in [7, 11) is 0. The Morgan fingerprint density at radius 2 is 2.11 bits per heavy atom. The number of fused-ring (bicyclic) bond motifs is 1. The monoisotopic (exact) mass is 256 g/mol. The fraction of sp³-hybridized carbons (Fsp3) is 0.462. The first-order valence-corrected chi connectivity index (χ1v) is 5.75. The van der Waals surface area contributed by atoms with Crippen LogP contribution in [0, 0.1) is 0 Å². The molecule has 0 bridgehead atoms. The molecule has 0 unspecified atom stereocenters. The van der Waals surface area contributed by atoms with Gasteiger partial charge in [0.1, 0.15) is 6.61 Å². The molecular weight excluding hydrogens is 242 g/mol. The van der Waals surface area contributed by atoms with Crippen molar-refractivity contribution in [2.45, 2.75) is 26.1 Å². The van der Waals surface area contributed by atoms with Gasteiger partial charge in [0.25, 0.3) is 6.43 Å². The van der Waals surface area contributed by atoms with Crippen molar-refractivity contribution in [3.8, 4) is 0 Å². The van der Waals surface area contributed by atoms with Gasteiger partial charge in [0.05, 0.1) is 19.8 Å². The third-order valence-electron chi connectivity index (χ3n) is 2.76. The molecule has 0 saturated carbocycles. The Bertz CT molecular complexity index is 432. The van der Waals surface area contributed by atoms with E-state index < -0.39 is 13.0 Å². The molecule has 0 amide bonds. The topological polar surface area (TPSA) is 35.5 Å². The molecule has 1 heterocycles. The van der Waals surface area contributed by atoms with Crippen LogP contribution < -0.4 is 0 Å². The van der Waals surface area contributed by atoms with Crippen LogP contribution in [0.5, 0.6) is 0 Å². The molecule has 1 aliphatic heterocycles. The zero-order valence-electron chi connectivity index (χ0n) is 9.83. The number of carbonyl (C=O) groups is 1. The molecule has 1 aliphatic rings. The van der Waals surface area contributed by atoms with Gasteiger partial charge >= 0.3 is 0 Å². The molecular formula is C13H14F2O3. The predicted octanol–water partition coefficient (Wildman–Crippen LogP) is 2.57. The lowest BCUT2D eigenvalue weighted by Crippen LogP contribution is -2.09. The van der Waals surface area contributed by atoms with Crippen molar-refractivity contribution in [2.75, 3.05) is 13.2 Å². The highest BCUT2D eigenvalue weighted by Gasteiger charge is 2.14. The van der Waals surface area contributed by atoms with E-state index in [4.69, 9.17) is 4.74 Å². The summed E-state index contributed by atoms with van der Waals surface area (Å²) in [6.45, 7) is 0.516. The van der Waals surface area contributed by atoms with Crippen molar-refractivity contribution in [1.82, 2.24) is 0 Å². The Labute approximate surface area is 104 Å².